The van der Waals surface area contributed by atoms with Crippen molar-refractivity contribution in [2.45, 2.75) is 0 Å². The largest absolute Gasteiger partial charge is 0.406 e. The van der Waals surface area contributed by atoms with Crippen LogP contribution in [0.2, 0.25) is 5.15 Å². The maximum Gasteiger partial charge on any atom is 0.299 e. The van der Waals surface area contributed by atoms with Gasteiger partial charge < -0.3 is 4.74 Å². The number of pyridine rings is 1. The second kappa shape index (κ2) is 3.30. The molecule has 0 aromatic carbocycles. The van der Waals surface area contributed by atoms with Crippen molar-refractivity contribution in [1.29, 1.82) is 0 Å². The summed E-state index contributed by atoms with van der Waals surface area (Å²) in [4.78, 5) is 13.2. The van der Waals surface area contributed by atoms with Crippen LogP contribution in [0.25, 0.3) is 0 Å². The fourth-order valence-electron chi connectivity index (χ4n) is 0.529. The lowest BCUT2D eigenvalue weighted by Gasteiger charge is -1.97. The smallest absolute Gasteiger partial charge is 0.299 e. The van der Waals surface area contributed by atoms with Gasteiger partial charge in [0.2, 0.25) is 0 Å². The Hall–Kier alpha value is -1.16. The number of carbonyl (C=O) groups is 1. The summed E-state index contributed by atoms with van der Waals surface area (Å²) in [7, 11) is 0. The maximum absolute atomic E-state index is 12.6. The highest BCUT2D eigenvalue weighted by Crippen LogP contribution is 2.15. The van der Waals surface area contributed by atoms with Gasteiger partial charge in [-0.3, -0.25) is 4.79 Å². The second-order valence-corrected chi connectivity index (χ2v) is 2.02. The fraction of sp³-hybridized carbons (Fsp3) is 0. The van der Waals surface area contributed by atoms with E-state index in [0.29, 0.717) is 0 Å². The normalized spacial score (nSPS) is 9.27. The minimum Gasteiger partial charge on any atom is -0.406 e. The highest BCUT2D eigenvalue weighted by atomic mass is 35.5. The Balaban J connectivity index is 3.01. The molecule has 0 N–H and O–H groups in total. The van der Waals surface area contributed by atoms with Crippen LogP contribution in [-0.2, 0) is 4.79 Å². The fourth-order valence-corrected chi connectivity index (χ4v) is 0.669. The Morgan fingerprint density at radius 1 is 1.64 bits per heavy atom. The minimum absolute atomic E-state index is 0.0725. The van der Waals surface area contributed by atoms with E-state index in [-0.39, 0.29) is 11.6 Å². The van der Waals surface area contributed by atoms with Crippen LogP contribution in [0.4, 0.5) is 4.39 Å². The van der Waals surface area contributed by atoms with Gasteiger partial charge in [-0.25, -0.2) is 4.39 Å². The molecule has 0 aliphatic carbocycles. The van der Waals surface area contributed by atoms with Gasteiger partial charge in [0.15, 0.2) is 5.82 Å². The molecular weight excluding hydrogens is 173 g/mol. The molecule has 5 heteroatoms. The minimum atomic E-state index is -0.721. The molecule has 1 aromatic rings. The third-order valence-electron chi connectivity index (χ3n) is 0.940. The quantitative estimate of drug-likeness (QED) is 0.504. The summed E-state index contributed by atoms with van der Waals surface area (Å²) in [5.74, 6) is -1.13. The van der Waals surface area contributed by atoms with Crippen molar-refractivity contribution in [1.82, 2.24) is 4.98 Å². The number of carbonyl (C=O) groups excluding carboxylic acids is 1. The topological polar surface area (TPSA) is 39.2 Å². The zero-order valence-electron chi connectivity index (χ0n) is 5.25. The van der Waals surface area contributed by atoms with Crippen LogP contribution in [-0.4, -0.2) is 11.5 Å². The Bertz CT molecular complexity index is 279. The molecule has 58 valence electrons. The van der Waals surface area contributed by atoms with Crippen LogP contribution in [0.3, 0.4) is 0 Å². The molecule has 0 fully saturated rings. The van der Waals surface area contributed by atoms with Gasteiger partial charge in [-0.15, -0.1) is 0 Å². The molecule has 11 heavy (non-hydrogen) atoms. The maximum atomic E-state index is 12.6. The first-order valence-corrected chi connectivity index (χ1v) is 3.04. The van der Waals surface area contributed by atoms with Gasteiger partial charge in [0.25, 0.3) is 12.4 Å². The number of halogens is 2. The summed E-state index contributed by atoms with van der Waals surface area (Å²) in [5.41, 5.74) is 0. The molecule has 0 unspecified atom stereocenters. The van der Waals surface area contributed by atoms with Gasteiger partial charge >= 0.3 is 0 Å². The van der Waals surface area contributed by atoms with Crippen LogP contribution in [0.1, 0.15) is 0 Å². The van der Waals surface area contributed by atoms with Gasteiger partial charge in [-0.05, 0) is 12.1 Å². The average Bonchev–Trinajstić information content (AvgIpc) is 1.98. The lowest BCUT2D eigenvalue weighted by atomic mass is 10.5. The number of nitrogens with zero attached hydrogens (tertiary/aromatic N) is 1. The molecule has 0 aliphatic heterocycles. The summed E-state index contributed by atoms with van der Waals surface area (Å²) >= 11 is 5.38. The molecule has 0 spiro atoms. The predicted molar refractivity (Wildman–Crippen MR) is 35.9 cm³/mol. The zero-order chi connectivity index (χ0) is 8.27. The van der Waals surface area contributed by atoms with Crippen molar-refractivity contribution in [3.8, 4) is 5.88 Å². The number of ether oxygens (including phenoxy) is 1. The Morgan fingerprint density at radius 2 is 2.36 bits per heavy atom. The summed E-state index contributed by atoms with van der Waals surface area (Å²) in [6.07, 6.45) is 0. The number of hydrogen-bond acceptors (Lipinski definition) is 3. The summed E-state index contributed by atoms with van der Waals surface area (Å²) in [6.45, 7) is 0.0851. The highest BCUT2D eigenvalue weighted by Gasteiger charge is 2.04. The monoisotopic (exact) mass is 175 g/mol. The number of aromatic nitrogens is 1. The van der Waals surface area contributed by atoms with Gasteiger partial charge in [-0.1, -0.05) is 11.6 Å². The molecule has 0 aliphatic rings. The zero-order valence-corrected chi connectivity index (χ0v) is 6.01. The molecule has 0 saturated heterocycles. The lowest BCUT2D eigenvalue weighted by molar-refractivity contribution is -0.121. The van der Waals surface area contributed by atoms with Gasteiger partial charge in [-0.2, -0.15) is 4.98 Å². The van der Waals surface area contributed by atoms with Gasteiger partial charge in [0, 0.05) is 0 Å². The summed E-state index contributed by atoms with van der Waals surface area (Å²) in [5, 5.41) is 0.0725. The lowest BCUT2D eigenvalue weighted by Crippen LogP contribution is -1.95. The average molecular weight is 176 g/mol. The molecule has 0 amide bonds. The SMILES string of the molecule is O=COc1nc(Cl)ccc1F. The van der Waals surface area contributed by atoms with E-state index in [9.17, 15) is 9.18 Å². The molecule has 3 nitrogen and oxygen atoms in total. The number of rotatable bonds is 2. The van der Waals surface area contributed by atoms with Crippen LogP contribution in [0, 0.1) is 5.82 Å². The highest BCUT2D eigenvalue weighted by molar-refractivity contribution is 6.29. The Morgan fingerprint density at radius 3 is 3.00 bits per heavy atom. The molecule has 1 heterocycles. The molecule has 1 aromatic heterocycles. The Kier molecular flexibility index (Phi) is 2.38. The van der Waals surface area contributed by atoms with Crippen molar-refractivity contribution in [3.05, 3.63) is 23.1 Å². The van der Waals surface area contributed by atoms with Crippen LogP contribution >= 0.6 is 11.6 Å². The molecule has 1 rings (SSSR count). The number of hydrogen-bond donors (Lipinski definition) is 0. The molecule has 0 saturated carbocycles. The van der Waals surface area contributed by atoms with Crippen LogP contribution in [0.5, 0.6) is 5.88 Å². The van der Waals surface area contributed by atoms with Crippen LogP contribution in [0.15, 0.2) is 12.1 Å². The van der Waals surface area contributed by atoms with E-state index >= 15 is 0 Å². The first-order valence-electron chi connectivity index (χ1n) is 2.66. The molecule has 0 atom stereocenters. The van der Waals surface area contributed by atoms with E-state index in [1.807, 2.05) is 0 Å². The van der Waals surface area contributed by atoms with Crippen molar-refractivity contribution >= 4 is 18.1 Å². The molecule has 0 bridgehead atoms. The van der Waals surface area contributed by atoms with Crippen LogP contribution < -0.4 is 4.74 Å². The van der Waals surface area contributed by atoms with E-state index < -0.39 is 11.7 Å². The predicted octanol–water partition coefficient (Wildman–Crippen LogP) is 1.41. The van der Waals surface area contributed by atoms with Gasteiger partial charge in [0.05, 0.1) is 0 Å². The van der Waals surface area contributed by atoms with E-state index in [0.717, 1.165) is 6.07 Å². The summed E-state index contributed by atoms with van der Waals surface area (Å²) in [6, 6.07) is 2.32. The first kappa shape index (κ1) is 7.94. The van der Waals surface area contributed by atoms with Crippen molar-refractivity contribution in [2.75, 3.05) is 0 Å². The molecular formula is C6H3ClFNO2. The summed E-state index contributed by atoms with van der Waals surface area (Å²) < 4.78 is 16.7. The third-order valence-corrected chi connectivity index (χ3v) is 1.15. The van der Waals surface area contributed by atoms with Crippen molar-refractivity contribution < 1.29 is 13.9 Å². The van der Waals surface area contributed by atoms with E-state index in [1.54, 1.807) is 0 Å². The standard InChI is InChI=1S/C6H3ClFNO2/c7-5-2-1-4(8)6(9-5)11-3-10/h1-3H. The van der Waals surface area contributed by atoms with Crippen molar-refractivity contribution in [3.63, 3.8) is 0 Å². The first-order chi connectivity index (χ1) is 5.24. The van der Waals surface area contributed by atoms with Gasteiger partial charge in [0.1, 0.15) is 5.15 Å². The van der Waals surface area contributed by atoms with E-state index in [1.165, 1.54) is 6.07 Å². The molecule has 0 radical (unpaired) electrons. The van der Waals surface area contributed by atoms with E-state index in [2.05, 4.69) is 9.72 Å². The second-order valence-electron chi connectivity index (χ2n) is 1.64. The van der Waals surface area contributed by atoms with E-state index in [4.69, 9.17) is 11.6 Å². The Labute approximate surface area is 66.8 Å². The van der Waals surface area contributed by atoms with Crippen molar-refractivity contribution in [2.24, 2.45) is 0 Å². The third kappa shape index (κ3) is 1.88.